The van der Waals surface area contributed by atoms with E-state index in [1.165, 1.54) is 12.1 Å². The molecule has 2 aromatic carbocycles. The number of hydrogen-bond acceptors (Lipinski definition) is 2. The molecule has 0 bridgehead atoms. The second-order valence-electron chi connectivity index (χ2n) is 5.39. The molecule has 0 aromatic heterocycles. The van der Waals surface area contributed by atoms with Gasteiger partial charge in [0.2, 0.25) is 0 Å². The van der Waals surface area contributed by atoms with Gasteiger partial charge in [0, 0.05) is 42.6 Å². The minimum atomic E-state index is -0.274. The summed E-state index contributed by atoms with van der Waals surface area (Å²) in [7, 11) is 0. The van der Waals surface area contributed by atoms with E-state index in [2.05, 4.69) is 21.2 Å². The van der Waals surface area contributed by atoms with Crippen molar-refractivity contribution in [3.63, 3.8) is 0 Å². The van der Waals surface area contributed by atoms with Crippen LogP contribution in [0.1, 0.15) is 0 Å². The molecular weight excluding hydrogens is 333 g/mol. The summed E-state index contributed by atoms with van der Waals surface area (Å²) in [5.74, 6) is -0.274. The Morgan fingerprint density at radius 1 is 1.04 bits per heavy atom. The zero-order chi connectivity index (χ0) is 16.2. The molecule has 0 amide bonds. The largest absolute Gasteiger partial charge is 0.368 e. The molecule has 0 unspecified atom stereocenters. The van der Waals surface area contributed by atoms with E-state index in [1.807, 2.05) is 18.2 Å². The number of nitrogens with one attached hydrogen (secondary N) is 1. The van der Waals surface area contributed by atoms with Gasteiger partial charge in [-0.25, -0.2) is 4.39 Å². The topological polar surface area (TPSA) is 18.5 Å². The smallest absolute Gasteiger partial charge is 0.173 e. The average molecular weight is 350 g/mol. The van der Waals surface area contributed by atoms with E-state index in [1.54, 1.807) is 12.1 Å². The second kappa shape index (κ2) is 7.15. The molecule has 1 aliphatic rings. The number of rotatable bonds is 2. The molecule has 120 valence electrons. The van der Waals surface area contributed by atoms with Crippen LogP contribution in [0, 0.1) is 5.82 Å². The molecule has 1 fully saturated rings. The lowest BCUT2D eigenvalue weighted by atomic mass is 10.2. The molecule has 0 spiro atoms. The maximum Gasteiger partial charge on any atom is 0.173 e. The van der Waals surface area contributed by atoms with Crippen LogP contribution in [0.25, 0.3) is 0 Å². The van der Waals surface area contributed by atoms with Crippen molar-refractivity contribution >= 4 is 40.3 Å². The van der Waals surface area contributed by atoms with Gasteiger partial charge >= 0.3 is 0 Å². The molecule has 0 aliphatic carbocycles. The van der Waals surface area contributed by atoms with E-state index in [0.717, 1.165) is 36.9 Å². The van der Waals surface area contributed by atoms with Crippen molar-refractivity contribution < 1.29 is 4.39 Å². The third kappa shape index (κ3) is 4.12. The molecule has 1 saturated heterocycles. The van der Waals surface area contributed by atoms with Crippen LogP contribution in [0.5, 0.6) is 0 Å². The third-order valence-corrected chi connectivity index (χ3v) is 4.41. The summed E-state index contributed by atoms with van der Waals surface area (Å²) in [6.07, 6.45) is 0. The van der Waals surface area contributed by atoms with E-state index in [0.29, 0.717) is 10.8 Å². The molecule has 23 heavy (non-hydrogen) atoms. The minimum absolute atomic E-state index is 0.274. The molecule has 1 aliphatic heterocycles. The molecule has 6 heteroatoms. The van der Waals surface area contributed by atoms with Crippen LogP contribution in [0.3, 0.4) is 0 Å². The summed E-state index contributed by atoms with van der Waals surface area (Å²) in [6, 6.07) is 14.2. The Morgan fingerprint density at radius 3 is 2.48 bits per heavy atom. The fourth-order valence-corrected chi connectivity index (χ4v) is 3.09. The van der Waals surface area contributed by atoms with E-state index < -0.39 is 0 Å². The summed E-state index contributed by atoms with van der Waals surface area (Å²) in [5.41, 5.74) is 1.80. The predicted octanol–water partition coefficient (Wildman–Crippen LogP) is 4.00. The molecule has 0 atom stereocenters. The summed E-state index contributed by atoms with van der Waals surface area (Å²) in [6.45, 7) is 3.36. The number of anilines is 2. The lowest BCUT2D eigenvalue weighted by molar-refractivity contribution is 0.391. The first-order valence-corrected chi connectivity index (χ1v) is 8.22. The molecule has 1 heterocycles. The quantitative estimate of drug-likeness (QED) is 0.826. The van der Waals surface area contributed by atoms with Gasteiger partial charge in [-0.2, -0.15) is 0 Å². The predicted molar refractivity (Wildman–Crippen MR) is 97.9 cm³/mol. The molecular formula is C17H17ClFN3S. The van der Waals surface area contributed by atoms with Crippen LogP contribution < -0.4 is 10.2 Å². The Morgan fingerprint density at radius 2 is 1.78 bits per heavy atom. The highest BCUT2D eigenvalue weighted by molar-refractivity contribution is 7.80. The van der Waals surface area contributed by atoms with Crippen LogP contribution in [0.2, 0.25) is 5.02 Å². The van der Waals surface area contributed by atoms with Gasteiger partial charge in [-0.1, -0.05) is 23.7 Å². The number of thiocarbonyl (C=S) groups is 1. The van der Waals surface area contributed by atoms with Gasteiger partial charge in [-0.3, -0.25) is 0 Å². The van der Waals surface area contributed by atoms with Crippen molar-refractivity contribution in [3.05, 3.63) is 59.4 Å². The normalized spacial score (nSPS) is 14.7. The van der Waals surface area contributed by atoms with E-state index in [9.17, 15) is 4.39 Å². The van der Waals surface area contributed by atoms with E-state index in [4.69, 9.17) is 23.8 Å². The molecule has 3 nitrogen and oxygen atoms in total. The summed E-state index contributed by atoms with van der Waals surface area (Å²) >= 11 is 11.5. The van der Waals surface area contributed by atoms with Crippen molar-refractivity contribution in [1.29, 1.82) is 0 Å². The van der Waals surface area contributed by atoms with Crippen molar-refractivity contribution in [3.8, 4) is 0 Å². The van der Waals surface area contributed by atoms with E-state index >= 15 is 0 Å². The lowest BCUT2D eigenvalue weighted by Gasteiger charge is -2.37. The monoisotopic (exact) mass is 349 g/mol. The second-order valence-corrected chi connectivity index (χ2v) is 6.22. The number of hydrogen-bond donors (Lipinski definition) is 1. The van der Waals surface area contributed by atoms with Crippen LogP contribution in [0.4, 0.5) is 15.8 Å². The highest BCUT2D eigenvalue weighted by Crippen LogP contribution is 2.21. The zero-order valence-electron chi connectivity index (χ0n) is 12.5. The van der Waals surface area contributed by atoms with Crippen molar-refractivity contribution in [2.45, 2.75) is 0 Å². The average Bonchev–Trinajstić information content (AvgIpc) is 2.55. The Kier molecular flexibility index (Phi) is 4.98. The minimum Gasteiger partial charge on any atom is -0.368 e. The van der Waals surface area contributed by atoms with Gasteiger partial charge in [0.25, 0.3) is 0 Å². The van der Waals surface area contributed by atoms with Crippen LogP contribution in [0.15, 0.2) is 48.5 Å². The van der Waals surface area contributed by atoms with Gasteiger partial charge in [0.05, 0.1) is 0 Å². The number of nitrogens with zero attached hydrogens (tertiary/aromatic N) is 2. The number of halogens is 2. The highest BCUT2D eigenvalue weighted by Gasteiger charge is 2.19. The van der Waals surface area contributed by atoms with Gasteiger partial charge < -0.3 is 15.1 Å². The first-order chi connectivity index (χ1) is 11.1. The van der Waals surface area contributed by atoms with Crippen LogP contribution >= 0.6 is 23.8 Å². The summed E-state index contributed by atoms with van der Waals surface area (Å²) in [4.78, 5) is 4.38. The first kappa shape index (κ1) is 16.0. The Bertz CT molecular complexity index is 702. The van der Waals surface area contributed by atoms with Gasteiger partial charge in [-0.15, -0.1) is 0 Å². The number of piperazine rings is 1. The Hall–Kier alpha value is -1.85. The SMILES string of the molecule is Fc1cccc(NC(=S)N2CCN(c3cccc(Cl)c3)CC2)c1. The van der Waals surface area contributed by atoms with Crippen LogP contribution in [-0.2, 0) is 0 Å². The van der Waals surface area contributed by atoms with Crippen LogP contribution in [-0.4, -0.2) is 36.2 Å². The van der Waals surface area contributed by atoms with Gasteiger partial charge in [0.1, 0.15) is 5.82 Å². The molecule has 0 radical (unpaired) electrons. The Labute approximate surface area is 145 Å². The Balaban J connectivity index is 1.57. The highest BCUT2D eigenvalue weighted by atomic mass is 35.5. The van der Waals surface area contributed by atoms with Crippen molar-refractivity contribution in [1.82, 2.24) is 4.90 Å². The fraction of sp³-hybridized carbons (Fsp3) is 0.235. The fourth-order valence-electron chi connectivity index (χ4n) is 2.61. The maximum atomic E-state index is 13.2. The first-order valence-electron chi connectivity index (χ1n) is 7.44. The zero-order valence-corrected chi connectivity index (χ0v) is 14.1. The molecule has 1 N–H and O–H groups in total. The van der Waals surface area contributed by atoms with Crippen molar-refractivity contribution in [2.24, 2.45) is 0 Å². The molecule has 2 aromatic rings. The summed E-state index contributed by atoms with van der Waals surface area (Å²) < 4.78 is 13.2. The number of benzene rings is 2. The third-order valence-electron chi connectivity index (χ3n) is 3.82. The lowest BCUT2D eigenvalue weighted by Crippen LogP contribution is -2.50. The molecule has 3 rings (SSSR count). The molecule has 0 saturated carbocycles. The van der Waals surface area contributed by atoms with E-state index in [-0.39, 0.29) is 5.82 Å². The standard InChI is InChI=1S/C17H17ClFN3S/c18-13-3-1-6-16(11-13)21-7-9-22(10-8-21)17(23)20-15-5-2-4-14(19)12-15/h1-6,11-12H,7-10H2,(H,20,23). The maximum absolute atomic E-state index is 13.2. The van der Waals surface area contributed by atoms with Gasteiger partial charge in [-0.05, 0) is 48.6 Å². The van der Waals surface area contributed by atoms with Gasteiger partial charge in [0.15, 0.2) is 5.11 Å². The van der Waals surface area contributed by atoms with Crippen molar-refractivity contribution in [2.75, 3.05) is 36.4 Å². The summed E-state index contributed by atoms with van der Waals surface area (Å²) in [5, 5.41) is 4.46.